The Morgan fingerprint density at radius 2 is 1.67 bits per heavy atom. The molecule has 238 valence electrons. The summed E-state index contributed by atoms with van der Waals surface area (Å²) >= 11 is 0. The van der Waals surface area contributed by atoms with Gasteiger partial charge in [0.15, 0.2) is 5.65 Å². The number of methoxy groups -OCH3 is 1. The molecule has 1 aliphatic heterocycles. The Kier molecular flexibility index (Phi) is 9.42. The molecule has 1 amide bonds. The number of aliphatic carboxylic acids is 1. The Bertz CT molecular complexity index is 1650. The normalized spacial score (nSPS) is 15.3. The Hall–Kier alpha value is -4.85. The van der Waals surface area contributed by atoms with Gasteiger partial charge < -0.3 is 30.3 Å². The molecule has 1 saturated heterocycles. The Morgan fingerprint density at radius 3 is 2.29 bits per heavy atom. The summed E-state index contributed by atoms with van der Waals surface area (Å²) in [5.74, 6) is -0.863. The lowest BCUT2D eigenvalue weighted by Gasteiger charge is -2.34. The first-order valence-electron chi connectivity index (χ1n) is 14.4. The van der Waals surface area contributed by atoms with Crippen molar-refractivity contribution < 1.29 is 32.6 Å². The maximum atomic E-state index is 12.4. The van der Waals surface area contributed by atoms with E-state index in [9.17, 15) is 18.0 Å². The second-order valence-corrected chi connectivity index (χ2v) is 11.0. The van der Waals surface area contributed by atoms with Gasteiger partial charge in [-0.25, -0.2) is 9.31 Å². The summed E-state index contributed by atoms with van der Waals surface area (Å²) in [5, 5.41) is 18.1. The van der Waals surface area contributed by atoms with Gasteiger partial charge in [-0.1, -0.05) is 12.1 Å². The monoisotopic (exact) mass is 625 g/mol. The highest BCUT2D eigenvalue weighted by atomic mass is 19.4. The highest BCUT2D eigenvalue weighted by Crippen LogP contribution is 2.32. The molecule has 2 fully saturated rings. The van der Waals surface area contributed by atoms with E-state index in [1.165, 1.54) is 12.8 Å². The second-order valence-electron chi connectivity index (χ2n) is 11.0. The fraction of sp³-hybridized carbons (Fsp3) is 0.355. The molecule has 1 aliphatic carbocycles. The fourth-order valence-electron chi connectivity index (χ4n) is 4.75. The van der Waals surface area contributed by atoms with E-state index in [1.54, 1.807) is 11.6 Å². The third kappa shape index (κ3) is 8.20. The molecule has 2 aromatic carbocycles. The standard InChI is InChI=1S/C29H33N7O2.C2HF3O2/c1-34-13-15-35(16-14-34)24-10-11-25(26(17-24)38-2)31-29-32-27-12-9-23(19-36(27)33-29)21-5-7-22(8-6-21)28(37)30-18-20-3-4-20;3-2(4,5)1(6)7/h5-12,17,19-20H,3-4,13-16,18H2,1-2H3,(H,30,37)(H,31,33);(H,6,7). The number of fused-ring (bicyclic) bond motifs is 1. The number of hydrogen-bond acceptors (Lipinski definition) is 8. The topological polar surface area (TPSA) is 124 Å². The first-order chi connectivity index (χ1) is 21.5. The van der Waals surface area contributed by atoms with Crippen molar-refractivity contribution in [1.82, 2.24) is 24.8 Å². The lowest BCUT2D eigenvalue weighted by atomic mass is 10.1. The van der Waals surface area contributed by atoms with E-state index >= 15 is 0 Å². The maximum absolute atomic E-state index is 12.4. The number of nitrogens with zero attached hydrogens (tertiary/aromatic N) is 5. The molecule has 45 heavy (non-hydrogen) atoms. The molecule has 0 radical (unpaired) electrons. The summed E-state index contributed by atoms with van der Waals surface area (Å²) in [5.41, 5.74) is 5.39. The van der Waals surface area contributed by atoms with Crippen LogP contribution < -0.4 is 20.3 Å². The van der Waals surface area contributed by atoms with Gasteiger partial charge in [0.05, 0.1) is 12.8 Å². The molecule has 0 spiro atoms. The van der Waals surface area contributed by atoms with Gasteiger partial charge in [-0.05, 0) is 67.8 Å². The van der Waals surface area contributed by atoms with E-state index in [1.807, 2.05) is 48.7 Å². The molecule has 6 rings (SSSR count). The molecule has 14 heteroatoms. The minimum atomic E-state index is -5.08. The average Bonchev–Trinajstić information content (AvgIpc) is 3.77. The van der Waals surface area contributed by atoms with Crippen LogP contribution in [0.25, 0.3) is 16.8 Å². The first kappa shape index (κ1) is 31.6. The number of carbonyl (C=O) groups excluding carboxylic acids is 1. The first-order valence-corrected chi connectivity index (χ1v) is 14.4. The predicted molar refractivity (Wildman–Crippen MR) is 163 cm³/mol. The van der Waals surface area contributed by atoms with Gasteiger partial charge in [-0.2, -0.15) is 18.2 Å². The van der Waals surface area contributed by atoms with Crippen LogP contribution in [0.15, 0.2) is 60.8 Å². The molecular formula is C31H34F3N7O4. The van der Waals surface area contributed by atoms with Crippen molar-refractivity contribution in [3.8, 4) is 16.9 Å². The van der Waals surface area contributed by atoms with Gasteiger partial charge in [0.25, 0.3) is 5.91 Å². The number of carbonyl (C=O) groups is 2. The number of aromatic nitrogens is 3. The van der Waals surface area contributed by atoms with Crippen LogP contribution in [0.3, 0.4) is 0 Å². The number of rotatable bonds is 8. The average molecular weight is 626 g/mol. The van der Waals surface area contributed by atoms with Crippen molar-refractivity contribution in [1.29, 1.82) is 0 Å². The van der Waals surface area contributed by atoms with E-state index in [2.05, 4.69) is 49.7 Å². The lowest BCUT2D eigenvalue weighted by molar-refractivity contribution is -0.192. The smallest absolute Gasteiger partial charge is 0.490 e. The van der Waals surface area contributed by atoms with Crippen molar-refractivity contribution in [3.05, 3.63) is 66.4 Å². The van der Waals surface area contributed by atoms with Crippen molar-refractivity contribution >= 4 is 34.8 Å². The number of likely N-dealkylation sites (N-methyl/N-ethyl adjacent to an activating group) is 1. The van der Waals surface area contributed by atoms with Gasteiger partial charge in [-0.3, -0.25) is 4.79 Å². The third-order valence-corrected chi connectivity index (χ3v) is 7.60. The summed E-state index contributed by atoms with van der Waals surface area (Å²) in [6, 6.07) is 17.8. The Labute approximate surface area is 257 Å². The molecule has 1 saturated carbocycles. The van der Waals surface area contributed by atoms with Crippen LogP contribution >= 0.6 is 0 Å². The predicted octanol–water partition coefficient (Wildman–Crippen LogP) is 4.67. The van der Waals surface area contributed by atoms with Crippen LogP contribution in [-0.4, -0.2) is 89.5 Å². The number of hydrogen-bond donors (Lipinski definition) is 3. The molecule has 3 heterocycles. The number of pyridine rings is 1. The van der Waals surface area contributed by atoms with Crippen LogP contribution in [0.4, 0.5) is 30.5 Å². The number of anilines is 3. The molecule has 3 N–H and O–H groups in total. The number of amides is 1. The van der Waals surface area contributed by atoms with E-state index in [4.69, 9.17) is 14.6 Å². The van der Waals surface area contributed by atoms with Crippen LogP contribution in [-0.2, 0) is 4.79 Å². The van der Waals surface area contributed by atoms with Crippen LogP contribution in [0.1, 0.15) is 23.2 Å². The number of alkyl halides is 3. The molecule has 0 atom stereocenters. The zero-order valence-electron chi connectivity index (χ0n) is 24.8. The number of halogens is 3. The summed E-state index contributed by atoms with van der Waals surface area (Å²) in [6.07, 6.45) is -0.695. The van der Waals surface area contributed by atoms with Crippen LogP contribution in [0.5, 0.6) is 5.75 Å². The van der Waals surface area contributed by atoms with Gasteiger partial charge in [-0.15, -0.1) is 5.10 Å². The zero-order valence-corrected chi connectivity index (χ0v) is 24.8. The number of carboxylic acids is 1. The number of nitrogens with one attached hydrogen (secondary N) is 2. The third-order valence-electron chi connectivity index (χ3n) is 7.60. The summed E-state index contributed by atoms with van der Waals surface area (Å²) in [6.45, 7) is 4.87. The van der Waals surface area contributed by atoms with E-state index < -0.39 is 12.1 Å². The number of carboxylic acid groups (broad SMARTS) is 1. The van der Waals surface area contributed by atoms with Crippen molar-refractivity contribution in [2.75, 3.05) is 57.1 Å². The minimum absolute atomic E-state index is 0.0158. The number of piperazine rings is 1. The number of ether oxygens (including phenoxy) is 1. The lowest BCUT2D eigenvalue weighted by Crippen LogP contribution is -2.44. The zero-order chi connectivity index (χ0) is 32.1. The van der Waals surface area contributed by atoms with E-state index in [0.29, 0.717) is 17.4 Å². The highest BCUT2D eigenvalue weighted by molar-refractivity contribution is 5.94. The van der Waals surface area contributed by atoms with Gasteiger partial charge in [0, 0.05) is 61.8 Å². The van der Waals surface area contributed by atoms with Crippen LogP contribution in [0, 0.1) is 5.92 Å². The highest BCUT2D eigenvalue weighted by Gasteiger charge is 2.38. The maximum Gasteiger partial charge on any atom is 0.490 e. The van der Waals surface area contributed by atoms with E-state index in [0.717, 1.165) is 66.6 Å². The van der Waals surface area contributed by atoms with Gasteiger partial charge in [0.1, 0.15) is 5.75 Å². The quantitative estimate of drug-likeness (QED) is 0.256. The molecule has 11 nitrogen and oxygen atoms in total. The van der Waals surface area contributed by atoms with Gasteiger partial charge >= 0.3 is 12.1 Å². The minimum Gasteiger partial charge on any atom is -0.494 e. The second kappa shape index (κ2) is 13.4. The summed E-state index contributed by atoms with van der Waals surface area (Å²) < 4.78 is 39.2. The van der Waals surface area contributed by atoms with Gasteiger partial charge in [0.2, 0.25) is 5.95 Å². The van der Waals surface area contributed by atoms with Crippen molar-refractivity contribution in [2.24, 2.45) is 5.92 Å². The van der Waals surface area contributed by atoms with Crippen LogP contribution in [0.2, 0.25) is 0 Å². The SMILES string of the molecule is COc1cc(N2CCN(C)CC2)ccc1Nc1nc2ccc(-c3ccc(C(=O)NCC4CC4)cc3)cn2n1.O=C(O)C(F)(F)F. The molecular weight excluding hydrogens is 591 g/mol. The largest absolute Gasteiger partial charge is 0.494 e. The molecule has 2 aliphatic rings. The molecule has 2 aromatic heterocycles. The van der Waals surface area contributed by atoms with Crippen molar-refractivity contribution in [3.63, 3.8) is 0 Å². The Balaban J connectivity index is 0.000000515. The number of benzene rings is 2. The van der Waals surface area contributed by atoms with Crippen molar-refractivity contribution in [2.45, 2.75) is 19.0 Å². The Morgan fingerprint density at radius 1 is 1.00 bits per heavy atom. The summed E-state index contributed by atoms with van der Waals surface area (Å²) in [4.78, 5) is 30.6. The van der Waals surface area contributed by atoms with E-state index in [-0.39, 0.29) is 5.91 Å². The molecule has 0 bridgehead atoms. The fourth-order valence-corrected chi connectivity index (χ4v) is 4.75. The molecule has 4 aromatic rings. The molecule has 0 unspecified atom stereocenters. The summed E-state index contributed by atoms with van der Waals surface area (Å²) in [7, 11) is 3.84.